The van der Waals surface area contributed by atoms with E-state index in [9.17, 15) is 4.79 Å². The Morgan fingerprint density at radius 2 is 1.02 bits per heavy atom. The number of fused-ring (bicyclic) bond motifs is 2. The van der Waals surface area contributed by atoms with Crippen LogP contribution in [0.25, 0.3) is 0 Å². The third kappa shape index (κ3) is 21.6. The summed E-state index contributed by atoms with van der Waals surface area (Å²) in [5, 5.41) is 21.6. The van der Waals surface area contributed by atoms with Crippen LogP contribution >= 0.6 is 54.0 Å². The smallest absolute Gasteiger partial charge is 0.321 e. The largest absolute Gasteiger partial charge is 0.480 e. The summed E-state index contributed by atoms with van der Waals surface area (Å²) >= 11 is 0. The van der Waals surface area contributed by atoms with Crippen LogP contribution in [0.3, 0.4) is 0 Å². The summed E-state index contributed by atoms with van der Waals surface area (Å²) in [5.74, 6) is 3.35. The van der Waals surface area contributed by atoms with E-state index in [0.717, 1.165) is 35.8 Å². The zero-order chi connectivity index (χ0) is 27.7. The summed E-state index contributed by atoms with van der Waals surface area (Å²) < 4.78 is 0. The highest BCUT2D eigenvalue weighted by molar-refractivity contribution is 7.59. The molecule has 0 amide bonds. The van der Waals surface area contributed by atoms with E-state index in [2.05, 4.69) is 62.8 Å². The van der Waals surface area contributed by atoms with E-state index in [1.807, 2.05) is 27.8 Å². The molecule has 6 nitrogen and oxygen atoms in total. The second kappa shape index (κ2) is 29.8. The minimum Gasteiger partial charge on any atom is -0.480 e. The molecule has 0 aromatic rings. The molecular weight excluding hydrogens is 625 g/mol. The van der Waals surface area contributed by atoms with E-state index in [1.165, 1.54) is 51.6 Å². The van der Waals surface area contributed by atoms with E-state index in [-0.39, 0.29) is 89.1 Å². The Kier molecular flexibility index (Phi) is 43.0. The number of nitrogens with one attached hydrogen (secondary N) is 4. The SMILES string of the molecule is C.C.C.C.CN[C@@H](C)C(C)(C)C.CN[C@H](C(=O)O)C(C)(C)C.C[C@@H]1NCC2CCCC21.C[C@H]1NCC2CCCC21.S.S.S.S. The molecule has 2 aliphatic carbocycles. The predicted octanol–water partition coefficient (Wildman–Crippen LogP) is 8.13. The Morgan fingerprint density at radius 1 is 0.682 bits per heavy atom. The van der Waals surface area contributed by atoms with Crippen molar-refractivity contribution >= 4 is 60.0 Å². The summed E-state index contributed by atoms with van der Waals surface area (Å²) in [7, 11) is 3.65. The number of hydrogen-bond acceptors (Lipinski definition) is 5. The molecule has 0 aromatic heterocycles. The summed E-state index contributed by atoms with van der Waals surface area (Å²) in [4.78, 5) is 10.5. The molecule has 2 heterocycles. The molecule has 2 aliphatic heterocycles. The third-order valence-corrected chi connectivity index (χ3v) is 9.26. The highest BCUT2D eigenvalue weighted by Crippen LogP contribution is 2.38. The van der Waals surface area contributed by atoms with Crippen molar-refractivity contribution in [2.75, 3.05) is 27.2 Å². The number of hydrogen-bond donors (Lipinski definition) is 5. The van der Waals surface area contributed by atoms with Crippen LogP contribution in [0, 0.1) is 34.5 Å². The van der Waals surface area contributed by atoms with Crippen LogP contribution in [0.1, 0.15) is 131 Å². The van der Waals surface area contributed by atoms with E-state index in [0.29, 0.717) is 11.5 Å². The van der Waals surface area contributed by atoms with Crippen molar-refractivity contribution in [2.45, 2.75) is 155 Å². The minimum absolute atomic E-state index is 0. The van der Waals surface area contributed by atoms with E-state index >= 15 is 0 Å². The van der Waals surface area contributed by atoms with Gasteiger partial charge in [-0.2, -0.15) is 54.0 Å². The zero-order valence-corrected chi connectivity index (χ0v) is 31.6. The summed E-state index contributed by atoms with van der Waals surface area (Å²) in [6.07, 6.45) is 8.92. The lowest BCUT2D eigenvalue weighted by Gasteiger charge is -2.26. The van der Waals surface area contributed by atoms with Crippen LogP contribution in [0.4, 0.5) is 0 Å². The van der Waals surface area contributed by atoms with Crippen molar-refractivity contribution in [1.29, 1.82) is 0 Å². The van der Waals surface area contributed by atoms with Crippen LogP contribution in [0.15, 0.2) is 0 Å². The van der Waals surface area contributed by atoms with Crippen LogP contribution in [-0.2, 0) is 4.79 Å². The molecule has 2 saturated carbocycles. The topological polar surface area (TPSA) is 85.4 Å². The van der Waals surface area contributed by atoms with Crippen LogP contribution in [0.5, 0.6) is 0 Å². The molecule has 4 fully saturated rings. The van der Waals surface area contributed by atoms with Crippen molar-refractivity contribution in [1.82, 2.24) is 21.3 Å². The Labute approximate surface area is 306 Å². The van der Waals surface area contributed by atoms with Gasteiger partial charge in [-0.3, -0.25) is 4.79 Å². The van der Waals surface area contributed by atoms with Gasteiger partial charge in [-0.1, -0.05) is 84.1 Å². The van der Waals surface area contributed by atoms with Gasteiger partial charge in [-0.25, -0.2) is 0 Å². The molecule has 4 unspecified atom stereocenters. The molecular formula is C34H86N4O2S4. The number of carboxylic acids is 1. The van der Waals surface area contributed by atoms with Gasteiger partial charge >= 0.3 is 5.97 Å². The zero-order valence-electron chi connectivity index (χ0n) is 27.6. The van der Waals surface area contributed by atoms with Crippen molar-refractivity contribution in [3.05, 3.63) is 0 Å². The van der Waals surface area contributed by atoms with Crippen molar-refractivity contribution < 1.29 is 9.90 Å². The maximum Gasteiger partial charge on any atom is 0.321 e. The number of carbonyl (C=O) groups is 1. The molecule has 4 rings (SSSR count). The third-order valence-electron chi connectivity index (χ3n) is 9.26. The lowest BCUT2D eigenvalue weighted by atomic mass is 9.87. The first-order chi connectivity index (χ1) is 16.6. The Hall–Kier alpha value is 0.710. The first kappa shape index (κ1) is 63.4. The van der Waals surface area contributed by atoms with Gasteiger partial charge in [0.1, 0.15) is 6.04 Å². The molecule has 10 heteroatoms. The molecule has 4 aliphatic rings. The van der Waals surface area contributed by atoms with Gasteiger partial charge in [0, 0.05) is 18.1 Å². The highest BCUT2D eigenvalue weighted by atomic mass is 32.1. The number of rotatable bonds is 3. The van der Waals surface area contributed by atoms with Crippen LogP contribution < -0.4 is 21.3 Å². The minimum atomic E-state index is -0.796. The summed E-state index contributed by atoms with van der Waals surface area (Å²) in [6.45, 7) is 21.8. The van der Waals surface area contributed by atoms with Crippen molar-refractivity contribution in [3.63, 3.8) is 0 Å². The van der Waals surface area contributed by atoms with E-state index in [4.69, 9.17) is 5.11 Å². The van der Waals surface area contributed by atoms with Crippen molar-refractivity contribution in [2.24, 2.45) is 34.5 Å². The van der Waals surface area contributed by atoms with Gasteiger partial charge < -0.3 is 26.4 Å². The molecule has 0 radical (unpaired) electrons. The maximum atomic E-state index is 10.5. The maximum absolute atomic E-state index is 10.5. The van der Waals surface area contributed by atoms with Crippen LogP contribution in [-0.4, -0.2) is 62.4 Å². The Bertz CT molecular complexity index is 620. The lowest BCUT2D eigenvalue weighted by Crippen LogP contribution is -2.44. The normalized spacial score (nSPS) is 26.6. The number of likely N-dealkylation sites (N-methyl/N-ethyl adjacent to an activating group) is 1. The fraction of sp³-hybridized carbons (Fsp3) is 0.971. The number of carboxylic acid groups (broad SMARTS) is 1. The van der Waals surface area contributed by atoms with Gasteiger partial charge in [0.05, 0.1) is 0 Å². The molecule has 0 aromatic carbocycles. The van der Waals surface area contributed by atoms with Crippen molar-refractivity contribution in [3.8, 4) is 0 Å². The average molecular weight is 711 g/mol. The highest BCUT2D eigenvalue weighted by Gasteiger charge is 2.36. The second-order valence-corrected chi connectivity index (χ2v) is 13.9. The first-order valence-corrected chi connectivity index (χ1v) is 14.7. The summed E-state index contributed by atoms with van der Waals surface area (Å²) in [6, 6.07) is 1.77. The van der Waals surface area contributed by atoms with Crippen LogP contribution in [0.2, 0.25) is 0 Å². The average Bonchev–Trinajstić information content (AvgIpc) is 3.54. The van der Waals surface area contributed by atoms with E-state index in [1.54, 1.807) is 7.05 Å². The molecule has 2 saturated heterocycles. The van der Waals surface area contributed by atoms with Gasteiger partial charge in [0.2, 0.25) is 0 Å². The molecule has 44 heavy (non-hydrogen) atoms. The second-order valence-electron chi connectivity index (χ2n) is 13.9. The Morgan fingerprint density at radius 3 is 1.18 bits per heavy atom. The predicted molar refractivity (Wildman–Crippen MR) is 223 cm³/mol. The molecule has 5 N–H and O–H groups in total. The quantitative estimate of drug-likeness (QED) is 0.204. The number of aliphatic carboxylic acids is 1. The molecule has 8 atom stereocenters. The first-order valence-electron chi connectivity index (χ1n) is 14.7. The lowest BCUT2D eigenvalue weighted by molar-refractivity contribution is -0.142. The van der Waals surface area contributed by atoms with Gasteiger partial charge in [-0.05, 0) is 108 Å². The van der Waals surface area contributed by atoms with E-state index < -0.39 is 12.0 Å². The fourth-order valence-corrected chi connectivity index (χ4v) is 6.29. The fourth-order valence-electron chi connectivity index (χ4n) is 6.29. The van der Waals surface area contributed by atoms with Gasteiger partial charge in [-0.15, -0.1) is 0 Å². The molecule has 0 spiro atoms. The monoisotopic (exact) mass is 711 g/mol. The molecule has 278 valence electrons. The van der Waals surface area contributed by atoms with Gasteiger partial charge in [0.15, 0.2) is 0 Å². The molecule has 0 bridgehead atoms. The summed E-state index contributed by atoms with van der Waals surface area (Å²) in [5.41, 5.74) is 0.176. The Balaban J connectivity index is -0.0000000618. The standard InChI is InChI=1S/2C8H15N.C7H15NO2.C7H17N.4CH4.4H2S/c2*1-6-8-4-2-3-7(8)5-9-6;1-7(2,3)5(8-4)6(9)10;1-6(8-5)7(2,3)4;;;;;;;;/h2*6-9H,2-5H2,1H3;5,8H,1-4H3,(H,9,10);6,8H,1-5H3;4*1H4;4*1H2/t2*6-,7?,8?;5-;6-;;;;;;;;/m1010......../s1. The van der Waals surface area contributed by atoms with Gasteiger partial charge in [0.25, 0.3) is 0 Å².